The summed E-state index contributed by atoms with van der Waals surface area (Å²) in [6, 6.07) is -2.45. The molecule has 9 heavy (non-hydrogen) atoms. The third-order valence-corrected chi connectivity index (χ3v) is 2.08. The van der Waals surface area contributed by atoms with Gasteiger partial charge in [0.1, 0.15) is 0 Å². The van der Waals surface area contributed by atoms with Crippen LogP contribution in [0.1, 0.15) is 6.92 Å². The van der Waals surface area contributed by atoms with Crippen LogP contribution in [0.25, 0.3) is 0 Å². The SMILES string of the molecule is C=C[Si](Cl)(Cl)Cl.CCO. The zero-order valence-corrected chi connectivity index (χ0v) is 8.34. The zero-order valence-electron chi connectivity index (χ0n) is 5.07. The smallest absolute Gasteiger partial charge is 0.365 e. The Morgan fingerprint density at radius 2 is 1.67 bits per heavy atom. The van der Waals surface area contributed by atoms with Crippen LogP contribution in [0.4, 0.5) is 0 Å². The summed E-state index contributed by atoms with van der Waals surface area (Å²) in [6.07, 6.45) is 0. The summed E-state index contributed by atoms with van der Waals surface area (Å²) in [7, 11) is 0. The highest BCUT2D eigenvalue weighted by molar-refractivity contribution is 7.66. The number of hydrogen-bond donors (Lipinski definition) is 1. The average Bonchev–Trinajstić information content (AvgIpc) is 1.67. The lowest BCUT2D eigenvalue weighted by molar-refractivity contribution is 0.318. The first-order valence-corrected chi connectivity index (χ1v) is 7.40. The zero-order chi connectivity index (χ0) is 7.91. The summed E-state index contributed by atoms with van der Waals surface area (Å²) >= 11 is 15.8. The molecule has 5 heteroatoms. The largest absolute Gasteiger partial charge is 0.397 e. The van der Waals surface area contributed by atoms with Gasteiger partial charge in [-0.05, 0) is 6.92 Å². The lowest BCUT2D eigenvalue weighted by atomic mass is 10.9. The third-order valence-electron chi connectivity index (χ3n) is 0.231. The van der Waals surface area contributed by atoms with Crippen molar-refractivity contribution in [3.8, 4) is 0 Å². The highest BCUT2D eigenvalue weighted by Crippen LogP contribution is 2.19. The van der Waals surface area contributed by atoms with E-state index in [0.29, 0.717) is 0 Å². The first kappa shape index (κ1) is 12.5. The molecule has 0 bridgehead atoms. The standard InChI is InChI=1S/C2H3Cl3Si.C2H6O/c1-2-6(3,4)5;1-2-3/h2H,1H2;3H,2H2,1H3. The van der Waals surface area contributed by atoms with Gasteiger partial charge in [0.25, 0.3) is 0 Å². The summed E-state index contributed by atoms with van der Waals surface area (Å²) in [6.45, 7) is 5.23. The molecule has 0 unspecified atom stereocenters. The normalized spacial score (nSPS) is 9.44. The molecule has 0 radical (unpaired) electrons. The van der Waals surface area contributed by atoms with Crippen molar-refractivity contribution >= 4 is 39.2 Å². The molecule has 0 atom stereocenters. The lowest BCUT2D eigenvalue weighted by Crippen LogP contribution is -2.01. The number of rotatable bonds is 1. The first-order chi connectivity index (χ1) is 3.97. The van der Waals surface area contributed by atoms with Gasteiger partial charge in [-0.1, -0.05) is 5.70 Å². The van der Waals surface area contributed by atoms with E-state index in [1.807, 2.05) is 0 Å². The Morgan fingerprint density at radius 1 is 1.56 bits per heavy atom. The molecule has 0 aliphatic heterocycles. The summed E-state index contributed by atoms with van der Waals surface area (Å²) in [5.41, 5.74) is 1.37. The number of aliphatic hydroxyl groups is 1. The van der Waals surface area contributed by atoms with Crippen molar-refractivity contribution < 1.29 is 5.11 Å². The molecular formula is C4H9Cl3OSi. The predicted octanol–water partition coefficient (Wildman–Crippen LogP) is 2.37. The van der Waals surface area contributed by atoms with Crippen molar-refractivity contribution in [2.75, 3.05) is 6.61 Å². The molecule has 1 nitrogen and oxygen atoms in total. The first-order valence-electron chi connectivity index (χ1n) is 2.29. The van der Waals surface area contributed by atoms with Crippen molar-refractivity contribution in [1.82, 2.24) is 0 Å². The Balaban J connectivity index is 0. The lowest BCUT2D eigenvalue weighted by Gasteiger charge is -1.92. The molecule has 0 aromatic rings. The third kappa shape index (κ3) is 28.2. The van der Waals surface area contributed by atoms with E-state index in [1.54, 1.807) is 6.92 Å². The fourth-order valence-electron chi connectivity index (χ4n) is 0. The summed E-state index contributed by atoms with van der Waals surface area (Å²) in [5, 5.41) is 7.57. The van der Waals surface area contributed by atoms with Crippen LogP contribution in [-0.4, -0.2) is 17.7 Å². The van der Waals surface area contributed by atoms with Crippen LogP contribution in [0.3, 0.4) is 0 Å². The summed E-state index contributed by atoms with van der Waals surface area (Å²) in [4.78, 5) is 0. The maximum absolute atomic E-state index is 7.57. The van der Waals surface area contributed by atoms with Crippen LogP contribution in [0.15, 0.2) is 12.3 Å². The highest BCUT2D eigenvalue weighted by Gasteiger charge is 2.17. The van der Waals surface area contributed by atoms with E-state index >= 15 is 0 Å². The van der Waals surface area contributed by atoms with Crippen LogP contribution in [0.2, 0.25) is 0 Å². The second-order valence-electron chi connectivity index (χ2n) is 1.06. The molecule has 0 saturated heterocycles. The van der Waals surface area contributed by atoms with Crippen molar-refractivity contribution in [3.63, 3.8) is 0 Å². The molecule has 0 aromatic heterocycles. The molecule has 0 saturated carbocycles. The van der Waals surface area contributed by atoms with E-state index in [-0.39, 0.29) is 6.61 Å². The van der Waals surface area contributed by atoms with Crippen LogP contribution in [0.5, 0.6) is 0 Å². The van der Waals surface area contributed by atoms with Gasteiger partial charge >= 0.3 is 6.00 Å². The molecule has 0 heterocycles. The van der Waals surface area contributed by atoms with Crippen LogP contribution in [0, 0.1) is 0 Å². The van der Waals surface area contributed by atoms with E-state index in [9.17, 15) is 0 Å². The average molecular weight is 208 g/mol. The van der Waals surface area contributed by atoms with Gasteiger partial charge in [0, 0.05) is 6.61 Å². The van der Waals surface area contributed by atoms with E-state index in [2.05, 4.69) is 6.58 Å². The number of aliphatic hydroxyl groups excluding tert-OH is 1. The fourth-order valence-corrected chi connectivity index (χ4v) is 0. The molecule has 0 fully saturated rings. The Labute approximate surface area is 70.4 Å². The van der Waals surface area contributed by atoms with Gasteiger partial charge in [0.05, 0.1) is 0 Å². The van der Waals surface area contributed by atoms with Crippen molar-refractivity contribution in [2.45, 2.75) is 6.92 Å². The van der Waals surface area contributed by atoms with E-state index in [0.717, 1.165) is 0 Å². The fraction of sp³-hybridized carbons (Fsp3) is 0.500. The monoisotopic (exact) mass is 206 g/mol. The van der Waals surface area contributed by atoms with E-state index in [1.165, 1.54) is 5.70 Å². The van der Waals surface area contributed by atoms with Crippen LogP contribution in [-0.2, 0) is 0 Å². The maximum Gasteiger partial charge on any atom is 0.365 e. The Bertz CT molecular complexity index is 70.7. The summed E-state index contributed by atoms with van der Waals surface area (Å²) in [5.74, 6) is 0. The second-order valence-corrected chi connectivity index (χ2v) is 9.66. The molecule has 56 valence electrons. The molecule has 0 aliphatic rings. The van der Waals surface area contributed by atoms with Gasteiger partial charge in [-0.3, -0.25) is 0 Å². The van der Waals surface area contributed by atoms with Gasteiger partial charge in [-0.15, -0.1) is 39.8 Å². The van der Waals surface area contributed by atoms with E-state index in [4.69, 9.17) is 38.3 Å². The minimum absolute atomic E-state index is 0.250. The second kappa shape index (κ2) is 6.90. The molecule has 0 aromatic carbocycles. The minimum atomic E-state index is -2.45. The number of halogens is 3. The topological polar surface area (TPSA) is 20.2 Å². The molecule has 1 N–H and O–H groups in total. The van der Waals surface area contributed by atoms with Gasteiger partial charge < -0.3 is 5.11 Å². The molecule has 0 amide bonds. The Morgan fingerprint density at radius 3 is 1.67 bits per heavy atom. The quantitative estimate of drug-likeness (QED) is 0.517. The summed E-state index contributed by atoms with van der Waals surface area (Å²) < 4.78 is 0. The molecule has 0 aliphatic carbocycles. The van der Waals surface area contributed by atoms with Crippen LogP contribution < -0.4 is 0 Å². The van der Waals surface area contributed by atoms with Gasteiger partial charge in [0.15, 0.2) is 0 Å². The molecule has 0 spiro atoms. The van der Waals surface area contributed by atoms with Gasteiger partial charge in [-0.25, -0.2) is 0 Å². The van der Waals surface area contributed by atoms with Crippen molar-refractivity contribution in [2.24, 2.45) is 0 Å². The molecular weight excluding hydrogens is 198 g/mol. The van der Waals surface area contributed by atoms with E-state index < -0.39 is 6.00 Å². The Kier molecular flexibility index (Phi) is 9.56. The van der Waals surface area contributed by atoms with Gasteiger partial charge in [0.2, 0.25) is 0 Å². The van der Waals surface area contributed by atoms with Crippen LogP contribution >= 0.6 is 33.2 Å². The molecule has 0 rings (SSSR count). The van der Waals surface area contributed by atoms with Gasteiger partial charge in [-0.2, -0.15) is 0 Å². The number of hydrogen-bond acceptors (Lipinski definition) is 1. The van der Waals surface area contributed by atoms with Crippen molar-refractivity contribution in [1.29, 1.82) is 0 Å². The minimum Gasteiger partial charge on any atom is -0.397 e. The maximum atomic E-state index is 7.57. The Hall–Kier alpha value is 0.787. The predicted molar refractivity (Wildman–Crippen MR) is 46.3 cm³/mol. The van der Waals surface area contributed by atoms with Crippen molar-refractivity contribution in [3.05, 3.63) is 12.3 Å². The highest BCUT2D eigenvalue weighted by atomic mass is 35.8.